The zero-order chi connectivity index (χ0) is 11.7. The normalized spacial score (nSPS) is 27.5. The molecule has 1 saturated carbocycles. The molecule has 0 radical (unpaired) electrons. The predicted octanol–water partition coefficient (Wildman–Crippen LogP) is 2.96. The average molecular weight is 230 g/mol. The largest absolute Gasteiger partial charge is 0.338 e. The van der Waals surface area contributed by atoms with Crippen LogP contribution in [0.25, 0.3) is 0 Å². The molecule has 0 unspecified atom stereocenters. The van der Waals surface area contributed by atoms with Crippen molar-refractivity contribution in [2.45, 2.75) is 63.5 Å². The maximum absolute atomic E-state index is 2.66. The summed E-state index contributed by atoms with van der Waals surface area (Å²) in [7, 11) is 0. The van der Waals surface area contributed by atoms with Crippen molar-refractivity contribution < 1.29 is 5.32 Å². The van der Waals surface area contributed by atoms with Crippen molar-refractivity contribution in [3.05, 3.63) is 35.4 Å². The summed E-state index contributed by atoms with van der Waals surface area (Å²) in [6, 6.07) is 9.06. The molecular formula is C16H24N+. The molecule has 1 spiro atoms. The summed E-state index contributed by atoms with van der Waals surface area (Å²) in [5.74, 6) is 0.739. The van der Waals surface area contributed by atoms with Gasteiger partial charge >= 0.3 is 0 Å². The lowest BCUT2D eigenvalue weighted by molar-refractivity contribution is -0.744. The van der Waals surface area contributed by atoms with Crippen LogP contribution in [0.1, 0.15) is 62.5 Å². The van der Waals surface area contributed by atoms with Crippen molar-refractivity contribution in [1.29, 1.82) is 0 Å². The molecule has 2 aliphatic rings. The third kappa shape index (κ3) is 2.13. The first-order valence-corrected chi connectivity index (χ1v) is 7.21. The summed E-state index contributed by atoms with van der Waals surface area (Å²) in [6.07, 6.45) is 8.59. The highest BCUT2D eigenvalue weighted by Crippen LogP contribution is 2.36. The molecular weight excluding hydrogens is 206 g/mol. The Morgan fingerprint density at radius 1 is 1.12 bits per heavy atom. The van der Waals surface area contributed by atoms with E-state index in [1.54, 1.807) is 11.1 Å². The van der Waals surface area contributed by atoms with Crippen LogP contribution in [0.4, 0.5) is 0 Å². The van der Waals surface area contributed by atoms with E-state index in [1.165, 1.54) is 45.1 Å². The molecule has 1 fully saturated rings. The minimum atomic E-state index is 0.566. The molecule has 0 bridgehead atoms. The van der Waals surface area contributed by atoms with Crippen molar-refractivity contribution in [1.82, 2.24) is 0 Å². The standard InChI is InChI=1S/C16H23N/c1-13-11-16(9-5-2-6-10-16)17-12-14-7-3-4-8-15(13)14/h3-4,7-8,13,17H,2,5-6,9-12H2,1H3/p+1/t13-/m1/s1. The first kappa shape index (κ1) is 11.3. The van der Waals surface area contributed by atoms with Crippen LogP contribution in [0.2, 0.25) is 0 Å². The molecule has 1 nitrogen and oxygen atoms in total. The smallest absolute Gasteiger partial charge is 0.102 e. The molecule has 3 rings (SSSR count). The van der Waals surface area contributed by atoms with Gasteiger partial charge in [0.25, 0.3) is 0 Å². The zero-order valence-electron chi connectivity index (χ0n) is 10.9. The summed E-state index contributed by atoms with van der Waals surface area (Å²) in [4.78, 5) is 0. The maximum Gasteiger partial charge on any atom is 0.102 e. The first-order chi connectivity index (χ1) is 8.29. The van der Waals surface area contributed by atoms with Crippen molar-refractivity contribution in [2.75, 3.05) is 0 Å². The predicted molar refractivity (Wildman–Crippen MR) is 70.9 cm³/mol. The van der Waals surface area contributed by atoms with Gasteiger partial charge < -0.3 is 5.32 Å². The topological polar surface area (TPSA) is 16.6 Å². The number of hydrogen-bond acceptors (Lipinski definition) is 0. The molecule has 1 aromatic carbocycles. The molecule has 0 saturated heterocycles. The van der Waals surface area contributed by atoms with Gasteiger partial charge in [-0.05, 0) is 24.3 Å². The molecule has 17 heavy (non-hydrogen) atoms. The van der Waals surface area contributed by atoms with E-state index < -0.39 is 0 Å². The number of quaternary nitrogens is 1. The highest BCUT2D eigenvalue weighted by molar-refractivity contribution is 5.30. The summed E-state index contributed by atoms with van der Waals surface area (Å²) in [6.45, 7) is 3.62. The van der Waals surface area contributed by atoms with Crippen molar-refractivity contribution in [2.24, 2.45) is 0 Å². The van der Waals surface area contributed by atoms with E-state index in [0.29, 0.717) is 5.54 Å². The maximum atomic E-state index is 2.66. The van der Waals surface area contributed by atoms with Gasteiger partial charge in [0.05, 0.1) is 5.54 Å². The second-order valence-corrected chi connectivity index (χ2v) is 6.14. The Morgan fingerprint density at radius 3 is 2.71 bits per heavy atom. The van der Waals surface area contributed by atoms with Gasteiger partial charge in [-0.15, -0.1) is 0 Å². The van der Waals surface area contributed by atoms with Gasteiger partial charge in [-0.2, -0.15) is 0 Å². The van der Waals surface area contributed by atoms with Crippen LogP contribution in [0.15, 0.2) is 24.3 Å². The number of fused-ring (bicyclic) bond motifs is 1. The number of benzene rings is 1. The monoisotopic (exact) mass is 230 g/mol. The molecule has 0 aromatic heterocycles. The molecule has 1 atom stereocenters. The van der Waals surface area contributed by atoms with E-state index in [2.05, 4.69) is 36.5 Å². The van der Waals surface area contributed by atoms with Gasteiger partial charge in [0.1, 0.15) is 6.54 Å². The van der Waals surface area contributed by atoms with Crippen LogP contribution < -0.4 is 5.32 Å². The Hall–Kier alpha value is -0.820. The van der Waals surface area contributed by atoms with Crippen LogP contribution in [0.5, 0.6) is 0 Å². The van der Waals surface area contributed by atoms with Gasteiger partial charge in [-0.25, -0.2) is 0 Å². The van der Waals surface area contributed by atoms with Gasteiger partial charge in [0.15, 0.2) is 0 Å². The SMILES string of the molecule is C[C@@H]1CC2(CCCCC2)[NH2+]Cc2ccccc21. The van der Waals surface area contributed by atoms with Crippen LogP contribution in [0, 0.1) is 0 Å². The van der Waals surface area contributed by atoms with Crippen LogP contribution >= 0.6 is 0 Å². The second kappa shape index (κ2) is 4.45. The molecule has 0 amide bonds. The number of rotatable bonds is 0. The summed E-state index contributed by atoms with van der Waals surface area (Å²) >= 11 is 0. The van der Waals surface area contributed by atoms with E-state index in [-0.39, 0.29) is 0 Å². The Bertz CT molecular complexity index is 390. The van der Waals surface area contributed by atoms with Crippen LogP contribution in [-0.2, 0) is 6.54 Å². The van der Waals surface area contributed by atoms with E-state index in [9.17, 15) is 0 Å². The molecule has 1 aliphatic carbocycles. The first-order valence-electron chi connectivity index (χ1n) is 7.21. The van der Waals surface area contributed by atoms with E-state index in [0.717, 1.165) is 5.92 Å². The third-order valence-corrected chi connectivity index (χ3v) is 4.90. The Morgan fingerprint density at radius 2 is 1.88 bits per heavy atom. The number of hydrogen-bond donors (Lipinski definition) is 1. The highest BCUT2D eigenvalue weighted by Gasteiger charge is 2.39. The second-order valence-electron chi connectivity index (χ2n) is 6.14. The Balaban J connectivity index is 1.88. The molecule has 1 heteroatoms. The summed E-state index contributed by atoms with van der Waals surface area (Å²) in [5, 5.41) is 2.66. The van der Waals surface area contributed by atoms with Crippen LogP contribution in [0.3, 0.4) is 0 Å². The molecule has 1 heterocycles. The van der Waals surface area contributed by atoms with Crippen molar-refractivity contribution in [3.63, 3.8) is 0 Å². The van der Waals surface area contributed by atoms with Gasteiger partial charge in [-0.1, -0.05) is 37.6 Å². The Labute approximate surface area is 105 Å². The summed E-state index contributed by atoms with van der Waals surface area (Å²) in [5.41, 5.74) is 3.74. The van der Waals surface area contributed by atoms with Crippen LogP contribution in [-0.4, -0.2) is 5.54 Å². The average Bonchev–Trinajstić information content (AvgIpc) is 2.50. The molecule has 92 valence electrons. The summed E-state index contributed by atoms with van der Waals surface area (Å²) < 4.78 is 0. The van der Waals surface area contributed by atoms with E-state index in [4.69, 9.17) is 0 Å². The van der Waals surface area contributed by atoms with Crippen molar-refractivity contribution >= 4 is 0 Å². The fraction of sp³-hybridized carbons (Fsp3) is 0.625. The highest BCUT2D eigenvalue weighted by atomic mass is 15.0. The van der Waals surface area contributed by atoms with E-state index in [1.807, 2.05) is 0 Å². The molecule has 2 N–H and O–H groups in total. The number of nitrogens with two attached hydrogens (primary N) is 1. The fourth-order valence-electron chi connectivity index (χ4n) is 3.99. The zero-order valence-corrected chi connectivity index (χ0v) is 10.9. The Kier molecular flexibility index (Phi) is 2.96. The minimum absolute atomic E-state index is 0.566. The van der Waals surface area contributed by atoms with Gasteiger partial charge in [-0.3, -0.25) is 0 Å². The van der Waals surface area contributed by atoms with Gasteiger partial charge in [0, 0.05) is 24.8 Å². The lowest BCUT2D eigenvalue weighted by Gasteiger charge is -2.35. The lowest BCUT2D eigenvalue weighted by Crippen LogP contribution is -2.95. The van der Waals surface area contributed by atoms with Crippen molar-refractivity contribution in [3.8, 4) is 0 Å². The molecule has 1 aromatic rings. The fourth-order valence-corrected chi connectivity index (χ4v) is 3.99. The quantitative estimate of drug-likeness (QED) is 0.705. The lowest BCUT2D eigenvalue weighted by atomic mass is 9.75. The third-order valence-electron chi connectivity index (χ3n) is 4.90. The van der Waals surface area contributed by atoms with Gasteiger partial charge in [0.2, 0.25) is 0 Å². The van der Waals surface area contributed by atoms with E-state index >= 15 is 0 Å². The molecule has 1 aliphatic heterocycles. The minimum Gasteiger partial charge on any atom is -0.338 e.